The van der Waals surface area contributed by atoms with E-state index in [4.69, 9.17) is 0 Å². The molecule has 2 aromatic rings. The van der Waals surface area contributed by atoms with E-state index in [2.05, 4.69) is 25.7 Å². The minimum atomic E-state index is -0.695. The van der Waals surface area contributed by atoms with Crippen LogP contribution in [0.4, 0.5) is 11.4 Å². The van der Waals surface area contributed by atoms with Gasteiger partial charge in [0.05, 0.1) is 18.6 Å². The summed E-state index contributed by atoms with van der Waals surface area (Å²) in [7, 11) is 0. The standard InChI is InChI=1S/C14H11BrN2O.C3H6O2/c15-10-5-7-11(8-6-10)17-9-16-13-4-2-1-3-12(13)14(17)18;1-2-5-3-4/h1-9,14,18H;3H,2H2,1H3. The van der Waals surface area contributed by atoms with Gasteiger partial charge in [-0.15, -0.1) is 0 Å². The predicted octanol–water partition coefficient (Wildman–Crippen LogP) is 3.80. The van der Waals surface area contributed by atoms with E-state index in [1.807, 2.05) is 48.5 Å². The number of hydrogen-bond donors (Lipinski definition) is 1. The zero-order valence-electron chi connectivity index (χ0n) is 12.6. The number of hydrogen-bond acceptors (Lipinski definition) is 5. The Kier molecular flexibility index (Phi) is 6.31. The zero-order chi connectivity index (χ0) is 16.7. The number of carbonyl (C=O) groups is 1. The molecule has 5 nitrogen and oxygen atoms in total. The topological polar surface area (TPSA) is 62.1 Å². The van der Waals surface area contributed by atoms with Crippen molar-refractivity contribution in [2.45, 2.75) is 13.2 Å². The molecule has 0 saturated heterocycles. The maximum atomic E-state index is 10.4. The first kappa shape index (κ1) is 17.2. The van der Waals surface area contributed by atoms with Crippen LogP contribution in [0.2, 0.25) is 0 Å². The third-order valence-corrected chi connectivity index (χ3v) is 3.69. The normalized spacial score (nSPS) is 15.3. The highest BCUT2D eigenvalue weighted by molar-refractivity contribution is 9.10. The molecule has 0 aliphatic carbocycles. The SMILES string of the molecule is CCOC=O.OC1c2ccccc2N=CN1c1ccc(Br)cc1. The molecule has 1 N–H and O–H groups in total. The minimum Gasteiger partial charge on any atom is -0.468 e. The predicted molar refractivity (Wildman–Crippen MR) is 93.9 cm³/mol. The molecule has 1 aliphatic rings. The number of rotatable bonds is 3. The number of fused-ring (bicyclic) bond motifs is 1. The Bertz CT molecular complexity index is 674. The molecule has 1 atom stereocenters. The van der Waals surface area contributed by atoms with Gasteiger partial charge in [0.2, 0.25) is 0 Å². The zero-order valence-corrected chi connectivity index (χ0v) is 14.2. The number of aliphatic hydroxyl groups excluding tert-OH is 1. The lowest BCUT2D eigenvalue weighted by Gasteiger charge is -2.30. The van der Waals surface area contributed by atoms with Gasteiger partial charge < -0.3 is 14.7 Å². The Morgan fingerprint density at radius 1 is 1.26 bits per heavy atom. The molecule has 23 heavy (non-hydrogen) atoms. The van der Waals surface area contributed by atoms with E-state index in [0.717, 1.165) is 21.4 Å². The molecule has 6 heteroatoms. The third kappa shape index (κ3) is 4.40. The van der Waals surface area contributed by atoms with Crippen LogP contribution in [0.15, 0.2) is 58.0 Å². The first-order chi connectivity index (χ1) is 11.2. The van der Waals surface area contributed by atoms with Gasteiger partial charge in [0.15, 0.2) is 6.23 Å². The monoisotopic (exact) mass is 376 g/mol. The number of carbonyl (C=O) groups excluding carboxylic acids is 1. The molecule has 2 aromatic carbocycles. The number of anilines is 1. The average molecular weight is 377 g/mol. The second-order valence-electron chi connectivity index (χ2n) is 4.61. The molecule has 0 spiro atoms. The molecule has 120 valence electrons. The highest BCUT2D eigenvalue weighted by atomic mass is 79.9. The van der Waals surface area contributed by atoms with Crippen molar-refractivity contribution in [3.8, 4) is 0 Å². The second-order valence-corrected chi connectivity index (χ2v) is 5.53. The van der Waals surface area contributed by atoms with Crippen LogP contribution in [-0.4, -0.2) is 24.5 Å². The molecule has 0 saturated carbocycles. The fourth-order valence-corrected chi connectivity index (χ4v) is 2.31. The van der Waals surface area contributed by atoms with E-state index in [0.29, 0.717) is 13.1 Å². The summed E-state index contributed by atoms with van der Waals surface area (Å²) in [5.74, 6) is 0. The smallest absolute Gasteiger partial charge is 0.293 e. The van der Waals surface area contributed by atoms with E-state index in [9.17, 15) is 9.90 Å². The van der Waals surface area contributed by atoms with Crippen molar-refractivity contribution in [1.29, 1.82) is 0 Å². The van der Waals surface area contributed by atoms with Crippen LogP contribution in [-0.2, 0) is 9.53 Å². The van der Waals surface area contributed by atoms with Gasteiger partial charge >= 0.3 is 0 Å². The molecule has 1 aliphatic heterocycles. The fourth-order valence-electron chi connectivity index (χ4n) is 2.05. The molecule has 0 aromatic heterocycles. The van der Waals surface area contributed by atoms with Gasteiger partial charge in [-0.1, -0.05) is 34.1 Å². The Hall–Kier alpha value is -2.18. The molecule has 1 heterocycles. The van der Waals surface area contributed by atoms with Gasteiger partial charge in [-0.2, -0.15) is 0 Å². The number of benzene rings is 2. The highest BCUT2D eigenvalue weighted by Crippen LogP contribution is 2.34. The number of aliphatic hydroxyl groups is 1. The van der Waals surface area contributed by atoms with Crippen LogP contribution < -0.4 is 4.90 Å². The summed E-state index contributed by atoms with van der Waals surface area (Å²) in [6.07, 6.45) is 0.968. The number of para-hydroxylation sites is 1. The van der Waals surface area contributed by atoms with Crippen molar-refractivity contribution in [3.05, 3.63) is 58.6 Å². The highest BCUT2D eigenvalue weighted by Gasteiger charge is 2.22. The number of ether oxygens (including phenoxy) is 1. The van der Waals surface area contributed by atoms with Crippen molar-refractivity contribution in [3.63, 3.8) is 0 Å². The second kappa shape index (κ2) is 8.45. The van der Waals surface area contributed by atoms with Gasteiger partial charge in [0.25, 0.3) is 6.47 Å². The minimum absolute atomic E-state index is 0.431. The summed E-state index contributed by atoms with van der Waals surface area (Å²) in [5, 5.41) is 10.4. The Balaban J connectivity index is 0.000000338. The van der Waals surface area contributed by atoms with Gasteiger partial charge in [-0.25, -0.2) is 4.99 Å². The Morgan fingerprint density at radius 2 is 1.96 bits per heavy atom. The lowest BCUT2D eigenvalue weighted by atomic mass is 10.1. The summed E-state index contributed by atoms with van der Waals surface area (Å²) in [4.78, 5) is 15.3. The van der Waals surface area contributed by atoms with Crippen LogP contribution in [0.1, 0.15) is 18.7 Å². The molecular weight excluding hydrogens is 360 g/mol. The summed E-state index contributed by atoms with van der Waals surface area (Å²) in [6.45, 7) is 2.66. The Morgan fingerprint density at radius 3 is 2.57 bits per heavy atom. The third-order valence-electron chi connectivity index (χ3n) is 3.16. The van der Waals surface area contributed by atoms with Gasteiger partial charge in [-0.05, 0) is 37.3 Å². The lowest BCUT2D eigenvalue weighted by Crippen LogP contribution is -2.29. The van der Waals surface area contributed by atoms with Crippen LogP contribution in [0, 0.1) is 0 Å². The van der Waals surface area contributed by atoms with E-state index < -0.39 is 6.23 Å². The van der Waals surface area contributed by atoms with Crippen LogP contribution in [0.25, 0.3) is 0 Å². The first-order valence-corrected chi connectivity index (χ1v) is 7.87. The largest absolute Gasteiger partial charge is 0.468 e. The average Bonchev–Trinajstić information content (AvgIpc) is 2.58. The molecule has 3 rings (SSSR count). The number of halogens is 1. The first-order valence-electron chi connectivity index (χ1n) is 7.07. The van der Waals surface area contributed by atoms with Crippen molar-refractivity contribution in [1.82, 2.24) is 0 Å². The molecule has 0 radical (unpaired) electrons. The molecule has 0 amide bonds. The van der Waals surface area contributed by atoms with E-state index in [1.165, 1.54) is 0 Å². The van der Waals surface area contributed by atoms with Crippen LogP contribution >= 0.6 is 15.9 Å². The van der Waals surface area contributed by atoms with Gasteiger partial charge in [-0.3, -0.25) is 4.79 Å². The molecular formula is C17H17BrN2O3. The van der Waals surface area contributed by atoms with Crippen molar-refractivity contribution in [2.75, 3.05) is 11.5 Å². The molecule has 1 unspecified atom stereocenters. The summed E-state index contributed by atoms with van der Waals surface area (Å²) in [6, 6.07) is 15.4. The quantitative estimate of drug-likeness (QED) is 0.827. The van der Waals surface area contributed by atoms with Gasteiger partial charge in [0.1, 0.15) is 0 Å². The maximum absolute atomic E-state index is 10.4. The fraction of sp³-hybridized carbons (Fsp3) is 0.176. The van der Waals surface area contributed by atoms with Crippen LogP contribution in [0.5, 0.6) is 0 Å². The summed E-state index contributed by atoms with van der Waals surface area (Å²) >= 11 is 3.40. The number of aliphatic imine (C=N–C) groups is 1. The molecule has 0 bridgehead atoms. The molecule has 0 fully saturated rings. The van der Waals surface area contributed by atoms with E-state index >= 15 is 0 Å². The maximum Gasteiger partial charge on any atom is 0.293 e. The lowest BCUT2D eigenvalue weighted by molar-refractivity contribution is -0.128. The summed E-state index contributed by atoms with van der Waals surface area (Å²) in [5.41, 5.74) is 2.55. The van der Waals surface area contributed by atoms with Crippen molar-refractivity contribution < 1.29 is 14.6 Å². The van der Waals surface area contributed by atoms with Crippen LogP contribution in [0.3, 0.4) is 0 Å². The van der Waals surface area contributed by atoms with Crippen molar-refractivity contribution >= 4 is 40.1 Å². The van der Waals surface area contributed by atoms with E-state index in [-0.39, 0.29) is 0 Å². The Labute approximate surface area is 143 Å². The van der Waals surface area contributed by atoms with E-state index in [1.54, 1.807) is 18.2 Å². The van der Waals surface area contributed by atoms with Gasteiger partial charge in [0, 0.05) is 15.7 Å². The number of nitrogens with zero attached hydrogens (tertiary/aromatic N) is 2. The summed E-state index contributed by atoms with van der Waals surface area (Å²) < 4.78 is 5.16. The van der Waals surface area contributed by atoms with Crippen molar-refractivity contribution in [2.24, 2.45) is 4.99 Å².